The molecule has 6 heteroatoms. The number of allylic oxidation sites excluding steroid dienone is 12. The second-order valence-electron chi connectivity index (χ2n) is 18.8. The topological polar surface area (TPSA) is 78.9 Å². The Hall–Kier alpha value is -3.15. The summed E-state index contributed by atoms with van der Waals surface area (Å²) in [4.78, 5) is 38.1. The van der Waals surface area contributed by atoms with E-state index in [4.69, 9.17) is 14.2 Å². The highest BCUT2D eigenvalue weighted by Crippen LogP contribution is 2.16. The van der Waals surface area contributed by atoms with E-state index in [9.17, 15) is 14.4 Å². The Morgan fingerprint density at radius 3 is 0.940 bits per heavy atom. The van der Waals surface area contributed by atoms with E-state index in [1.54, 1.807) is 0 Å². The fourth-order valence-corrected chi connectivity index (χ4v) is 7.93. The number of hydrogen-bond acceptors (Lipinski definition) is 6. The van der Waals surface area contributed by atoms with Crippen LogP contribution in [0.25, 0.3) is 0 Å². The standard InChI is InChI=1S/C61H106O6/c1-4-7-10-13-16-19-22-25-27-29-30-32-33-36-39-42-45-48-51-54-60(63)66-57-58(56-65-59(62)53-50-47-44-41-38-35-24-21-18-15-12-9-6-3)67-61(64)55-52-49-46-43-40-37-34-31-28-26-23-20-17-14-11-8-5-2/h7,10,16,19,25,27,30,32,35-36,38-39,58H,4-6,8-9,11-15,17-18,20-24,26,28-29,31,33-34,37,40-57H2,1-3H3/b10-7-,19-16-,27-25-,32-30-,38-35-,39-36-. The van der Waals surface area contributed by atoms with E-state index in [2.05, 4.69) is 93.7 Å². The van der Waals surface area contributed by atoms with E-state index < -0.39 is 6.10 Å². The molecular weight excluding hydrogens is 829 g/mol. The van der Waals surface area contributed by atoms with Crippen LogP contribution in [0.1, 0.15) is 278 Å². The Bertz CT molecular complexity index is 1260. The molecule has 1 unspecified atom stereocenters. The van der Waals surface area contributed by atoms with Crippen LogP contribution in [0, 0.1) is 0 Å². The molecule has 6 nitrogen and oxygen atoms in total. The third kappa shape index (κ3) is 53.7. The summed E-state index contributed by atoms with van der Waals surface area (Å²) in [7, 11) is 0. The molecule has 0 aromatic rings. The molecule has 0 fully saturated rings. The van der Waals surface area contributed by atoms with Crippen LogP contribution in [0.15, 0.2) is 72.9 Å². The average Bonchev–Trinajstić information content (AvgIpc) is 3.33. The minimum absolute atomic E-state index is 0.0919. The van der Waals surface area contributed by atoms with E-state index in [0.29, 0.717) is 19.3 Å². The molecule has 0 heterocycles. The minimum atomic E-state index is -0.793. The van der Waals surface area contributed by atoms with Crippen LogP contribution in [0.5, 0.6) is 0 Å². The van der Waals surface area contributed by atoms with Crippen LogP contribution in [0.3, 0.4) is 0 Å². The molecule has 0 aliphatic heterocycles. The van der Waals surface area contributed by atoms with Crippen molar-refractivity contribution in [1.29, 1.82) is 0 Å². The molecule has 0 aromatic carbocycles. The maximum absolute atomic E-state index is 12.8. The lowest BCUT2D eigenvalue weighted by molar-refractivity contribution is -0.167. The molecule has 0 amide bonds. The Labute approximate surface area is 414 Å². The number of carbonyl (C=O) groups excluding carboxylic acids is 3. The van der Waals surface area contributed by atoms with Crippen LogP contribution in [0.2, 0.25) is 0 Å². The van der Waals surface area contributed by atoms with Crippen molar-refractivity contribution in [3.8, 4) is 0 Å². The van der Waals surface area contributed by atoms with Gasteiger partial charge in [0.15, 0.2) is 6.10 Å². The molecule has 0 bridgehead atoms. The third-order valence-corrected chi connectivity index (χ3v) is 12.2. The molecule has 0 aromatic heterocycles. The molecule has 0 radical (unpaired) electrons. The SMILES string of the molecule is CC/C=C\C/C=C\C/C=C\C/C=C\C/C=C\CCCCCC(=O)OCC(COC(=O)CCCCC/C=C\CCCCCCCC)OC(=O)CCCCCCCCCCCCCCCCCCC. The van der Waals surface area contributed by atoms with Gasteiger partial charge in [0, 0.05) is 19.3 Å². The smallest absolute Gasteiger partial charge is 0.306 e. The molecule has 0 aliphatic rings. The molecule has 0 spiro atoms. The lowest BCUT2D eigenvalue weighted by Gasteiger charge is -2.18. The Kier molecular flexibility index (Phi) is 52.8. The van der Waals surface area contributed by atoms with E-state index in [1.807, 2.05) is 0 Å². The number of hydrogen-bond donors (Lipinski definition) is 0. The molecule has 0 aliphatic carbocycles. The number of esters is 3. The first-order chi connectivity index (χ1) is 33.0. The van der Waals surface area contributed by atoms with Crippen molar-refractivity contribution < 1.29 is 28.6 Å². The highest BCUT2D eigenvalue weighted by Gasteiger charge is 2.19. The van der Waals surface area contributed by atoms with Crippen molar-refractivity contribution >= 4 is 17.9 Å². The summed E-state index contributed by atoms with van der Waals surface area (Å²) in [6.07, 6.45) is 70.3. The fourth-order valence-electron chi connectivity index (χ4n) is 7.93. The van der Waals surface area contributed by atoms with Gasteiger partial charge in [-0.1, -0.05) is 241 Å². The van der Waals surface area contributed by atoms with Crippen LogP contribution in [-0.2, 0) is 28.6 Å². The second kappa shape index (κ2) is 55.4. The second-order valence-corrected chi connectivity index (χ2v) is 18.8. The number of unbranched alkanes of at least 4 members (excludes halogenated alkanes) is 28. The fraction of sp³-hybridized carbons (Fsp3) is 0.754. The van der Waals surface area contributed by atoms with E-state index in [0.717, 1.165) is 109 Å². The largest absolute Gasteiger partial charge is 0.462 e. The third-order valence-electron chi connectivity index (χ3n) is 12.2. The van der Waals surface area contributed by atoms with Gasteiger partial charge >= 0.3 is 17.9 Å². The van der Waals surface area contributed by atoms with Crippen molar-refractivity contribution in [1.82, 2.24) is 0 Å². The zero-order chi connectivity index (χ0) is 48.6. The monoisotopic (exact) mass is 935 g/mol. The Balaban J connectivity index is 4.43. The summed E-state index contributed by atoms with van der Waals surface area (Å²) in [5.74, 6) is -0.930. The summed E-state index contributed by atoms with van der Waals surface area (Å²) in [5, 5.41) is 0. The molecule has 0 saturated carbocycles. The van der Waals surface area contributed by atoms with Crippen molar-refractivity contribution in [3.63, 3.8) is 0 Å². The molecule has 0 N–H and O–H groups in total. The number of ether oxygens (including phenoxy) is 3. The first kappa shape index (κ1) is 63.8. The van der Waals surface area contributed by atoms with Crippen molar-refractivity contribution in [2.75, 3.05) is 13.2 Å². The summed E-state index contributed by atoms with van der Waals surface area (Å²) < 4.78 is 16.8. The average molecular weight is 936 g/mol. The van der Waals surface area contributed by atoms with Crippen molar-refractivity contribution in [2.24, 2.45) is 0 Å². The molecule has 67 heavy (non-hydrogen) atoms. The van der Waals surface area contributed by atoms with Crippen LogP contribution in [-0.4, -0.2) is 37.2 Å². The lowest BCUT2D eigenvalue weighted by atomic mass is 10.0. The van der Waals surface area contributed by atoms with Gasteiger partial charge in [0.1, 0.15) is 13.2 Å². The maximum atomic E-state index is 12.8. The summed E-state index contributed by atoms with van der Waals surface area (Å²) in [6, 6.07) is 0. The highest BCUT2D eigenvalue weighted by molar-refractivity contribution is 5.71. The zero-order valence-electron chi connectivity index (χ0n) is 44.2. The van der Waals surface area contributed by atoms with Crippen LogP contribution in [0.4, 0.5) is 0 Å². The van der Waals surface area contributed by atoms with Gasteiger partial charge in [0.25, 0.3) is 0 Å². The molecular formula is C61H106O6. The quantitative estimate of drug-likeness (QED) is 0.0262. The highest BCUT2D eigenvalue weighted by atomic mass is 16.6. The Morgan fingerprint density at radius 1 is 0.313 bits per heavy atom. The van der Waals surface area contributed by atoms with Crippen LogP contribution < -0.4 is 0 Å². The Morgan fingerprint density at radius 2 is 0.582 bits per heavy atom. The predicted octanol–water partition coefficient (Wildman–Crippen LogP) is 19.0. The van der Waals surface area contributed by atoms with Gasteiger partial charge in [-0.25, -0.2) is 0 Å². The van der Waals surface area contributed by atoms with Crippen molar-refractivity contribution in [3.05, 3.63) is 72.9 Å². The van der Waals surface area contributed by atoms with Crippen LogP contribution >= 0.6 is 0 Å². The van der Waals surface area contributed by atoms with E-state index in [-0.39, 0.29) is 31.1 Å². The van der Waals surface area contributed by atoms with Gasteiger partial charge in [-0.05, 0) is 89.9 Å². The number of carbonyl (C=O) groups is 3. The predicted molar refractivity (Wildman–Crippen MR) is 288 cm³/mol. The number of rotatable bonds is 51. The molecule has 1 atom stereocenters. The lowest BCUT2D eigenvalue weighted by Crippen LogP contribution is -2.30. The summed E-state index contributed by atoms with van der Waals surface area (Å²) >= 11 is 0. The summed E-state index contributed by atoms with van der Waals surface area (Å²) in [6.45, 7) is 6.50. The molecule has 386 valence electrons. The maximum Gasteiger partial charge on any atom is 0.306 e. The van der Waals surface area contributed by atoms with Crippen molar-refractivity contribution in [2.45, 2.75) is 284 Å². The minimum Gasteiger partial charge on any atom is -0.462 e. The van der Waals surface area contributed by atoms with Gasteiger partial charge in [0.05, 0.1) is 0 Å². The van der Waals surface area contributed by atoms with E-state index in [1.165, 1.54) is 128 Å². The molecule has 0 rings (SSSR count). The van der Waals surface area contributed by atoms with Gasteiger partial charge in [-0.3, -0.25) is 14.4 Å². The first-order valence-electron chi connectivity index (χ1n) is 28.4. The summed E-state index contributed by atoms with van der Waals surface area (Å²) in [5.41, 5.74) is 0. The first-order valence-corrected chi connectivity index (χ1v) is 28.4. The van der Waals surface area contributed by atoms with E-state index >= 15 is 0 Å². The van der Waals surface area contributed by atoms with Gasteiger partial charge in [-0.2, -0.15) is 0 Å². The van der Waals surface area contributed by atoms with Gasteiger partial charge in [0.2, 0.25) is 0 Å². The normalized spacial score (nSPS) is 12.6. The zero-order valence-corrected chi connectivity index (χ0v) is 44.2. The molecule has 0 saturated heterocycles. The van der Waals surface area contributed by atoms with Gasteiger partial charge in [-0.15, -0.1) is 0 Å². The van der Waals surface area contributed by atoms with Gasteiger partial charge < -0.3 is 14.2 Å².